The second-order valence-electron chi connectivity index (χ2n) is 5.31. The van der Waals surface area contributed by atoms with Gasteiger partial charge in [-0.3, -0.25) is 9.89 Å². The number of rotatable bonds is 2. The molecule has 106 valence electrons. The molecule has 0 aliphatic carbocycles. The molecule has 0 fully saturated rings. The number of anilines is 1. The second-order valence-corrected chi connectivity index (χ2v) is 5.31. The number of nitrogens with zero attached hydrogens (tertiary/aromatic N) is 2. The Morgan fingerprint density at radius 1 is 1.30 bits per heavy atom. The lowest BCUT2D eigenvalue weighted by Crippen LogP contribution is -2.16. The van der Waals surface area contributed by atoms with E-state index in [0.717, 1.165) is 6.07 Å². The summed E-state index contributed by atoms with van der Waals surface area (Å²) in [6.45, 7) is 5.71. The lowest BCUT2D eigenvalue weighted by Gasteiger charge is -2.12. The molecule has 2 aromatic rings. The van der Waals surface area contributed by atoms with Crippen LogP contribution in [-0.4, -0.2) is 21.1 Å². The topological polar surface area (TPSA) is 70.7 Å². The summed E-state index contributed by atoms with van der Waals surface area (Å²) >= 11 is 0. The molecule has 7 heteroatoms. The molecule has 1 aromatic carbocycles. The molecule has 0 unspecified atom stereocenters. The fraction of sp³-hybridized carbons (Fsp3) is 0.308. The third-order valence-electron chi connectivity index (χ3n) is 2.60. The Balaban J connectivity index is 2.20. The molecular formula is C13H14F2N4O. The highest BCUT2D eigenvalue weighted by atomic mass is 19.2. The minimum atomic E-state index is -1.12. The van der Waals surface area contributed by atoms with E-state index in [1.54, 1.807) is 0 Å². The lowest BCUT2D eigenvalue weighted by molar-refractivity contribution is 0.101. The zero-order chi connectivity index (χ0) is 14.9. The van der Waals surface area contributed by atoms with Gasteiger partial charge in [0.15, 0.2) is 11.6 Å². The van der Waals surface area contributed by atoms with Crippen molar-refractivity contribution in [3.05, 3.63) is 41.5 Å². The summed E-state index contributed by atoms with van der Waals surface area (Å²) in [5.74, 6) is -2.46. The maximum atomic E-state index is 13.4. The molecule has 2 rings (SSSR count). The molecule has 0 saturated heterocycles. The average Bonchev–Trinajstić information content (AvgIpc) is 2.84. The number of H-pyrrole nitrogens is 1. The molecular weight excluding hydrogens is 266 g/mol. The van der Waals surface area contributed by atoms with Crippen LogP contribution in [0.15, 0.2) is 18.2 Å². The van der Waals surface area contributed by atoms with Crippen LogP contribution in [0.25, 0.3) is 0 Å². The minimum absolute atomic E-state index is 0.126. The number of nitrogens with one attached hydrogen (secondary N) is 2. The minimum Gasteiger partial charge on any atom is -0.317 e. The zero-order valence-electron chi connectivity index (χ0n) is 11.3. The smallest absolute Gasteiger partial charge is 0.295 e. The number of hydrogen-bond acceptors (Lipinski definition) is 3. The molecule has 0 aliphatic heterocycles. The highest BCUT2D eigenvalue weighted by Crippen LogP contribution is 2.19. The quantitative estimate of drug-likeness (QED) is 0.888. The summed E-state index contributed by atoms with van der Waals surface area (Å²) < 4.78 is 26.5. The number of benzene rings is 1. The normalized spacial score (nSPS) is 11.4. The number of aromatic nitrogens is 3. The SMILES string of the molecule is CC(C)(C)c1nc(C(=O)Nc2cccc(F)c2F)n[nH]1. The first-order valence-corrected chi connectivity index (χ1v) is 5.97. The van der Waals surface area contributed by atoms with E-state index in [1.807, 2.05) is 20.8 Å². The maximum Gasteiger partial charge on any atom is 0.295 e. The third-order valence-corrected chi connectivity index (χ3v) is 2.60. The maximum absolute atomic E-state index is 13.4. The van der Waals surface area contributed by atoms with Gasteiger partial charge in [0.2, 0.25) is 5.82 Å². The fourth-order valence-electron chi connectivity index (χ4n) is 1.48. The van der Waals surface area contributed by atoms with Crippen LogP contribution in [0.4, 0.5) is 14.5 Å². The molecule has 0 bridgehead atoms. The van der Waals surface area contributed by atoms with E-state index in [1.165, 1.54) is 12.1 Å². The van der Waals surface area contributed by atoms with Gasteiger partial charge >= 0.3 is 0 Å². The van der Waals surface area contributed by atoms with Gasteiger partial charge in [0.1, 0.15) is 5.82 Å². The number of aromatic amines is 1. The van der Waals surface area contributed by atoms with Crippen molar-refractivity contribution < 1.29 is 13.6 Å². The molecule has 2 N–H and O–H groups in total. The summed E-state index contributed by atoms with van der Waals surface area (Å²) in [6, 6.07) is 3.52. The van der Waals surface area contributed by atoms with Crippen LogP contribution in [0, 0.1) is 11.6 Å². The van der Waals surface area contributed by atoms with Gasteiger partial charge in [-0.05, 0) is 12.1 Å². The Morgan fingerprint density at radius 2 is 2.00 bits per heavy atom. The van der Waals surface area contributed by atoms with Gasteiger partial charge in [-0.25, -0.2) is 13.8 Å². The number of carbonyl (C=O) groups is 1. The van der Waals surface area contributed by atoms with Crippen molar-refractivity contribution in [2.45, 2.75) is 26.2 Å². The second kappa shape index (κ2) is 4.99. The fourth-order valence-corrected chi connectivity index (χ4v) is 1.48. The Hall–Kier alpha value is -2.31. The lowest BCUT2D eigenvalue weighted by atomic mass is 9.96. The molecule has 0 aliphatic rings. The van der Waals surface area contributed by atoms with E-state index in [0.29, 0.717) is 5.82 Å². The molecule has 1 aromatic heterocycles. The monoisotopic (exact) mass is 280 g/mol. The van der Waals surface area contributed by atoms with Crippen molar-refractivity contribution in [2.75, 3.05) is 5.32 Å². The van der Waals surface area contributed by atoms with Gasteiger partial charge in [0, 0.05) is 5.41 Å². The van der Waals surface area contributed by atoms with Crippen LogP contribution < -0.4 is 5.32 Å². The summed E-state index contributed by atoms with van der Waals surface area (Å²) in [7, 11) is 0. The van der Waals surface area contributed by atoms with Crippen LogP contribution in [0.2, 0.25) is 0 Å². The van der Waals surface area contributed by atoms with Crippen molar-refractivity contribution in [3.8, 4) is 0 Å². The number of halogens is 2. The van der Waals surface area contributed by atoms with Crippen molar-refractivity contribution in [2.24, 2.45) is 0 Å². The predicted molar refractivity (Wildman–Crippen MR) is 69.4 cm³/mol. The summed E-state index contributed by atoms with van der Waals surface area (Å²) in [6.07, 6.45) is 0. The van der Waals surface area contributed by atoms with Crippen molar-refractivity contribution in [3.63, 3.8) is 0 Å². The van der Waals surface area contributed by atoms with Crippen molar-refractivity contribution in [1.29, 1.82) is 0 Å². The van der Waals surface area contributed by atoms with E-state index in [-0.39, 0.29) is 16.9 Å². The van der Waals surface area contributed by atoms with Gasteiger partial charge in [0.05, 0.1) is 5.69 Å². The van der Waals surface area contributed by atoms with E-state index in [2.05, 4.69) is 20.5 Å². The highest BCUT2D eigenvalue weighted by Gasteiger charge is 2.22. The Labute approximate surface area is 114 Å². The molecule has 20 heavy (non-hydrogen) atoms. The van der Waals surface area contributed by atoms with E-state index >= 15 is 0 Å². The van der Waals surface area contributed by atoms with Gasteiger partial charge in [-0.1, -0.05) is 26.8 Å². The Kier molecular flexibility index (Phi) is 3.52. The average molecular weight is 280 g/mol. The van der Waals surface area contributed by atoms with Crippen LogP contribution in [0.1, 0.15) is 37.2 Å². The summed E-state index contributed by atoms with van der Waals surface area (Å²) in [4.78, 5) is 15.9. The number of amides is 1. The van der Waals surface area contributed by atoms with E-state index in [9.17, 15) is 13.6 Å². The zero-order valence-corrected chi connectivity index (χ0v) is 11.3. The van der Waals surface area contributed by atoms with E-state index in [4.69, 9.17) is 0 Å². The van der Waals surface area contributed by atoms with Crippen LogP contribution in [-0.2, 0) is 5.41 Å². The Morgan fingerprint density at radius 3 is 2.60 bits per heavy atom. The summed E-state index contributed by atoms with van der Waals surface area (Å²) in [5.41, 5.74) is -0.549. The van der Waals surface area contributed by atoms with Crippen LogP contribution in [0.5, 0.6) is 0 Å². The molecule has 1 heterocycles. The van der Waals surface area contributed by atoms with Gasteiger partial charge in [-0.2, -0.15) is 0 Å². The highest BCUT2D eigenvalue weighted by molar-refractivity contribution is 6.01. The van der Waals surface area contributed by atoms with Gasteiger partial charge in [0.25, 0.3) is 5.91 Å². The number of hydrogen-bond donors (Lipinski definition) is 2. The molecule has 5 nitrogen and oxygen atoms in total. The molecule has 1 amide bonds. The molecule has 0 radical (unpaired) electrons. The molecule has 0 spiro atoms. The summed E-state index contributed by atoms with van der Waals surface area (Å²) in [5, 5.41) is 8.65. The van der Waals surface area contributed by atoms with Gasteiger partial charge < -0.3 is 5.32 Å². The van der Waals surface area contributed by atoms with Crippen LogP contribution >= 0.6 is 0 Å². The van der Waals surface area contributed by atoms with Crippen molar-refractivity contribution in [1.82, 2.24) is 15.2 Å². The standard InChI is InChI=1S/C13H14F2N4O/c1-13(2,3)12-17-10(18-19-12)11(20)16-8-6-4-5-7(14)9(8)15/h4-6H,1-3H3,(H,16,20)(H,17,18,19). The first-order chi connectivity index (χ1) is 9.29. The first kappa shape index (κ1) is 14.1. The first-order valence-electron chi connectivity index (χ1n) is 5.97. The predicted octanol–water partition coefficient (Wildman–Crippen LogP) is 2.63. The number of carbonyl (C=O) groups excluding carboxylic acids is 1. The largest absolute Gasteiger partial charge is 0.317 e. The van der Waals surface area contributed by atoms with Gasteiger partial charge in [-0.15, -0.1) is 5.10 Å². The molecule has 0 saturated carbocycles. The van der Waals surface area contributed by atoms with E-state index < -0.39 is 17.5 Å². The molecule has 0 atom stereocenters. The third kappa shape index (κ3) is 2.81. The Bertz CT molecular complexity index is 646. The van der Waals surface area contributed by atoms with Crippen LogP contribution in [0.3, 0.4) is 0 Å². The van der Waals surface area contributed by atoms with Crippen molar-refractivity contribution >= 4 is 11.6 Å².